The number of ether oxygens (including phenoxy) is 5. The number of rotatable bonds is 15. The predicted octanol–water partition coefficient (Wildman–Crippen LogP) is 8.69. The van der Waals surface area contributed by atoms with Crippen LogP contribution in [0.1, 0.15) is 53.7 Å². The molecule has 1 aliphatic rings. The number of hydrogen-bond donors (Lipinski definition) is 3. The lowest BCUT2D eigenvalue weighted by atomic mass is 9.98. The van der Waals surface area contributed by atoms with E-state index in [0.717, 1.165) is 16.7 Å². The van der Waals surface area contributed by atoms with E-state index in [1.54, 1.807) is 81.4 Å². The summed E-state index contributed by atoms with van der Waals surface area (Å²) in [5, 5.41) is 8.38. The average Bonchev–Trinajstić information content (AvgIpc) is 3.50. The Morgan fingerprint density at radius 2 is 1.29 bits per heavy atom. The Kier molecular flexibility index (Phi) is 12.7. The molecule has 55 heavy (non-hydrogen) atoms. The molecule has 0 aromatic heterocycles. The maximum Gasteiger partial charge on any atom is 0.407 e. The Morgan fingerprint density at radius 1 is 0.655 bits per heavy atom. The minimum atomic E-state index is -0.548. The number of hydrogen-bond acceptors (Lipinski definition) is 8. The normalized spacial score (nSPS) is 11.8. The lowest BCUT2D eigenvalue weighted by Crippen LogP contribution is -2.34. The lowest BCUT2D eigenvalue weighted by molar-refractivity contribution is 0.0488. The van der Waals surface area contributed by atoms with Crippen molar-refractivity contribution in [2.75, 3.05) is 38.3 Å². The van der Waals surface area contributed by atoms with Crippen molar-refractivity contribution in [3.05, 3.63) is 144 Å². The second-order valence-electron chi connectivity index (χ2n) is 13.8. The van der Waals surface area contributed by atoms with Crippen molar-refractivity contribution < 1.29 is 38.1 Å². The fraction of sp³-hybridized carbons (Fsp3) is 0.250. The van der Waals surface area contributed by atoms with Gasteiger partial charge >= 0.3 is 12.2 Å². The third-order valence-corrected chi connectivity index (χ3v) is 8.59. The molecule has 0 aliphatic heterocycles. The smallest absolute Gasteiger partial charge is 0.407 e. The van der Waals surface area contributed by atoms with E-state index in [0.29, 0.717) is 54.9 Å². The Bertz CT molecular complexity index is 2030. The molecule has 11 heteroatoms. The first-order chi connectivity index (χ1) is 26.6. The molecule has 11 nitrogen and oxygen atoms in total. The van der Waals surface area contributed by atoms with Gasteiger partial charge in [0, 0.05) is 24.6 Å². The molecule has 3 N–H and O–H groups in total. The zero-order valence-corrected chi connectivity index (χ0v) is 31.1. The van der Waals surface area contributed by atoms with Gasteiger partial charge in [-0.1, -0.05) is 72.8 Å². The van der Waals surface area contributed by atoms with Crippen molar-refractivity contribution in [1.82, 2.24) is 10.6 Å². The van der Waals surface area contributed by atoms with Crippen molar-refractivity contribution in [2.45, 2.75) is 38.8 Å². The van der Waals surface area contributed by atoms with E-state index < -0.39 is 17.8 Å². The van der Waals surface area contributed by atoms with E-state index in [4.69, 9.17) is 23.7 Å². The molecule has 0 spiro atoms. The molecule has 0 atom stereocenters. The van der Waals surface area contributed by atoms with Crippen LogP contribution in [-0.4, -0.2) is 56.7 Å². The van der Waals surface area contributed by atoms with Gasteiger partial charge in [-0.2, -0.15) is 0 Å². The monoisotopic (exact) mass is 743 g/mol. The van der Waals surface area contributed by atoms with Gasteiger partial charge in [-0.3, -0.25) is 4.79 Å². The number of para-hydroxylation sites is 2. The summed E-state index contributed by atoms with van der Waals surface area (Å²) in [6, 6.07) is 37.7. The van der Waals surface area contributed by atoms with Crippen molar-refractivity contribution in [2.24, 2.45) is 0 Å². The van der Waals surface area contributed by atoms with E-state index in [9.17, 15) is 14.4 Å². The van der Waals surface area contributed by atoms with Gasteiger partial charge in [0.05, 0.1) is 18.9 Å². The summed E-state index contributed by atoms with van der Waals surface area (Å²) in [7, 11) is 0. The van der Waals surface area contributed by atoms with Gasteiger partial charge in [-0.15, -0.1) is 0 Å². The number of carbonyl (C=O) groups excluding carboxylic acids is 3. The fourth-order valence-corrected chi connectivity index (χ4v) is 6.04. The molecule has 5 aromatic carbocycles. The standard InChI is InChI=1S/C44H45N3O8/c1-44(2,3)55-43(50)45-24-25-51-26-27-52-32-20-22-33(23-21-32)54-40-15-9-8-14-39(40)47-41(48)31-18-16-30(17-19-31)28-46-42(49)53-29-38-36-12-6-4-10-34(36)35-11-5-7-13-37(35)38/h4-23,38H,24-29H2,1-3H3,(H,45,50)(H,46,49)(H,47,48). The van der Waals surface area contributed by atoms with Crippen molar-refractivity contribution in [3.63, 3.8) is 0 Å². The maximum absolute atomic E-state index is 13.2. The van der Waals surface area contributed by atoms with E-state index in [-0.39, 0.29) is 25.0 Å². The van der Waals surface area contributed by atoms with E-state index in [2.05, 4.69) is 40.2 Å². The van der Waals surface area contributed by atoms with E-state index in [1.807, 2.05) is 36.4 Å². The van der Waals surface area contributed by atoms with Crippen molar-refractivity contribution >= 4 is 23.8 Å². The number of carbonyl (C=O) groups is 3. The summed E-state index contributed by atoms with van der Waals surface area (Å²) in [6.07, 6.45) is -0.985. The van der Waals surface area contributed by atoms with Gasteiger partial charge in [0.15, 0.2) is 5.75 Å². The Hall–Kier alpha value is -6.33. The van der Waals surface area contributed by atoms with Crippen LogP contribution in [0.25, 0.3) is 11.1 Å². The molecule has 0 fully saturated rings. The molecule has 284 valence electrons. The third kappa shape index (κ3) is 10.9. The summed E-state index contributed by atoms with van der Waals surface area (Å²) in [5.74, 6) is 1.35. The topological polar surface area (TPSA) is 133 Å². The first-order valence-corrected chi connectivity index (χ1v) is 18.2. The van der Waals surface area contributed by atoms with Gasteiger partial charge in [0.2, 0.25) is 0 Å². The second kappa shape index (κ2) is 18.1. The molecular formula is C44H45N3O8. The Labute approximate surface area is 320 Å². The molecule has 0 bridgehead atoms. The van der Waals surface area contributed by atoms with Crippen molar-refractivity contribution in [1.29, 1.82) is 0 Å². The first kappa shape index (κ1) is 38.4. The minimum absolute atomic E-state index is 0.0157. The van der Waals surface area contributed by atoms with Crippen LogP contribution in [0, 0.1) is 0 Å². The molecule has 0 heterocycles. The molecule has 0 saturated carbocycles. The molecule has 1 aliphatic carbocycles. The fourth-order valence-electron chi connectivity index (χ4n) is 6.04. The third-order valence-electron chi connectivity index (χ3n) is 8.59. The van der Waals surface area contributed by atoms with Crippen LogP contribution in [0.15, 0.2) is 121 Å². The summed E-state index contributed by atoms with van der Waals surface area (Å²) >= 11 is 0. The van der Waals surface area contributed by atoms with Crippen LogP contribution < -0.4 is 25.4 Å². The number of amides is 3. The number of anilines is 1. The summed E-state index contributed by atoms with van der Waals surface area (Å²) in [6.45, 7) is 7.25. The molecule has 3 amide bonds. The van der Waals surface area contributed by atoms with Crippen LogP contribution in [0.3, 0.4) is 0 Å². The molecule has 0 unspecified atom stereocenters. The highest BCUT2D eigenvalue weighted by molar-refractivity contribution is 6.05. The molecule has 0 radical (unpaired) electrons. The van der Waals surface area contributed by atoms with Crippen molar-refractivity contribution in [3.8, 4) is 28.4 Å². The summed E-state index contributed by atoms with van der Waals surface area (Å²) < 4.78 is 28.2. The summed E-state index contributed by atoms with van der Waals surface area (Å²) in [4.78, 5) is 37.5. The highest BCUT2D eigenvalue weighted by atomic mass is 16.6. The number of alkyl carbamates (subject to hydrolysis) is 2. The number of fused-ring (bicyclic) bond motifs is 3. The Balaban J connectivity index is 0.918. The van der Waals surface area contributed by atoms with Gasteiger partial charge in [-0.25, -0.2) is 9.59 Å². The lowest BCUT2D eigenvalue weighted by Gasteiger charge is -2.19. The highest BCUT2D eigenvalue weighted by Gasteiger charge is 2.29. The van der Waals surface area contributed by atoms with Gasteiger partial charge in [0.25, 0.3) is 5.91 Å². The maximum atomic E-state index is 13.2. The summed E-state index contributed by atoms with van der Waals surface area (Å²) in [5.41, 5.74) is 5.89. The first-order valence-electron chi connectivity index (χ1n) is 18.2. The van der Waals surface area contributed by atoms with Crippen LogP contribution in [0.4, 0.5) is 15.3 Å². The van der Waals surface area contributed by atoms with Crippen LogP contribution in [-0.2, 0) is 20.8 Å². The zero-order chi connectivity index (χ0) is 38.6. The molecule has 6 rings (SSSR count). The SMILES string of the molecule is CC(C)(C)OC(=O)NCCOCCOc1ccc(Oc2ccccc2NC(=O)c2ccc(CNC(=O)OCC3c4ccccc4-c4ccccc43)cc2)cc1. The Morgan fingerprint density at radius 3 is 1.98 bits per heavy atom. The molecular weight excluding hydrogens is 698 g/mol. The van der Waals surface area contributed by atoms with Gasteiger partial charge in [-0.05, 0) is 97.1 Å². The van der Waals surface area contributed by atoms with Gasteiger partial charge in [0.1, 0.15) is 30.3 Å². The van der Waals surface area contributed by atoms with E-state index >= 15 is 0 Å². The predicted molar refractivity (Wildman–Crippen MR) is 210 cm³/mol. The van der Waals surface area contributed by atoms with E-state index in [1.165, 1.54) is 11.1 Å². The second-order valence-corrected chi connectivity index (χ2v) is 13.8. The van der Waals surface area contributed by atoms with Crippen LogP contribution >= 0.6 is 0 Å². The zero-order valence-electron chi connectivity index (χ0n) is 31.1. The minimum Gasteiger partial charge on any atom is -0.491 e. The van der Waals surface area contributed by atoms with Crippen LogP contribution in [0.5, 0.6) is 17.2 Å². The molecule has 0 saturated heterocycles. The van der Waals surface area contributed by atoms with Gasteiger partial charge < -0.3 is 39.6 Å². The quantitative estimate of drug-likeness (QED) is 0.0908. The largest absolute Gasteiger partial charge is 0.491 e. The van der Waals surface area contributed by atoms with Crippen LogP contribution in [0.2, 0.25) is 0 Å². The number of benzene rings is 5. The average molecular weight is 744 g/mol. The highest BCUT2D eigenvalue weighted by Crippen LogP contribution is 2.44. The number of nitrogens with one attached hydrogen (secondary N) is 3. The molecule has 5 aromatic rings.